The van der Waals surface area contributed by atoms with E-state index < -0.39 is 0 Å². The number of halogens is 1. The molecule has 0 aliphatic carbocycles. The van der Waals surface area contributed by atoms with Gasteiger partial charge in [-0.15, -0.1) is 33.1 Å². The largest absolute Gasteiger partial charge is 0.381 e. The van der Waals surface area contributed by atoms with Crippen molar-refractivity contribution in [3.8, 4) is 0 Å². The molecular weight excluding hydrogens is 220 g/mol. The molecule has 3 nitrogen and oxygen atoms in total. The van der Waals surface area contributed by atoms with Gasteiger partial charge in [0, 0.05) is 25.3 Å². The monoisotopic (exact) mass is 234 g/mol. The van der Waals surface area contributed by atoms with Gasteiger partial charge in [0.2, 0.25) is 0 Å². The molecule has 0 N–H and O–H groups in total. The second kappa shape index (κ2) is 7.15. The smallest absolute Gasteiger partial charge is 0.119 e. The summed E-state index contributed by atoms with van der Waals surface area (Å²) in [6.45, 7) is 3.67. The third-order valence-electron chi connectivity index (χ3n) is 1.63. The van der Waals surface area contributed by atoms with Crippen LogP contribution in [0.25, 0.3) is 0 Å². The first-order valence-electron chi connectivity index (χ1n) is 4.81. The van der Waals surface area contributed by atoms with Gasteiger partial charge in [-0.1, -0.05) is 6.92 Å². The van der Waals surface area contributed by atoms with Crippen LogP contribution in [0.4, 0.5) is 0 Å². The van der Waals surface area contributed by atoms with Crippen LogP contribution in [0.2, 0.25) is 0 Å². The topological polar surface area (TPSA) is 35.0 Å². The molecule has 1 aromatic rings. The van der Waals surface area contributed by atoms with E-state index in [0.717, 1.165) is 42.5 Å². The van der Waals surface area contributed by atoms with Gasteiger partial charge < -0.3 is 4.74 Å². The summed E-state index contributed by atoms with van der Waals surface area (Å²) >= 11 is 7.23. The average Bonchev–Trinajstić information content (AvgIpc) is 2.61. The van der Waals surface area contributed by atoms with E-state index in [-0.39, 0.29) is 0 Å². The lowest BCUT2D eigenvalue weighted by Gasteiger charge is -1.98. The highest BCUT2D eigenvalue weighted by Gasteiger charge is 2.02. The Morgan fingerprint density at radius 2 is 1.93 bits per heavy atom. The fourth-order valence-corrected chi connectivity index (χ4v) is 2.09. The molecule has 0 saturated carbocycles. The van der Waals surface area contributed by atoms with Crippen molar-refractivity contribution in [3.05, 3.63) is 10.0 Å². The molecule has 0 radical (unpaired) electrons. The Morgan fingerprint density at radius 1 is 1.21 bits per heavy atom. The first-order chi connectivity index (χ1) is 6.86. The number of aromatic nitrogens is 2. The number of nitrogens with zero attached hydrogens (tertiary/aromatic N) is 2. The Bertz CT molecular complexity index is 255. The van der Waals surface area contributed by atoms with Crippen molar-refractivity contribution in [3.63, 3.8) is 0 Å². The second-order valence-electron chi connectivity index (χ2n) is 2.89. The van der Waals surface area contributed by atoms with Gasteiger partial charge in [0.15, 0.2) is 0 Å². The van der Waals surface area contributed by atoms with Crippen molar-refractivity contribution < 1.29 is 4.74 Å². The van der Waals surface area contributed by atoms with Gasteiger partial charge in [0.05, 0.1) is 6.61 Å². The van der Waals surface area contributed by atoms with E-state index in [2.05, 4.69) is 17.1 Å². The molecule has 0 saturated heterocycles. The maximum Gasteiger partial charge on any atom is 0.119 e. The van der Waals surface area contributed by atoms with Crippen molar-refractivity contribution >= 4 is 22.9 Å². The molecule has 14 heavy (non-hydrogen) atoms. The van der Waals surface area contributed by atoms with Gasteiger partial charge in [-0.3, -0.25) is 0 Å². The van der Waals surface area contributed by atoms with Crippen LogP contribution in [0, 0.1) is 0 Å². The fourth-order valence-electron chi connectivity index (χ4n) is 0.977. The predicted molar refractivity (Wildman–Crippen MR) is 59.1 cm³/mol. The highest BCUT2D eigenvalue weighted by Crippen LogP contribution is 2.11. The van der Waals surface area contributed by atoms with E-state index in [0.29, 0.717) is 5.88 Å². The molecule has 1 aromatic heterocycles. The Labute approximate surface area is 93.5 Å². The number of hydrogen-bond acceptors (Lipinski definition) is 4. The molecular formula is C9H15ClN2OS. The lowest BCUT2D eigenvalue weighted by molar-refractivity contribution is 0.138. The van der Waals surface area contributed by atoms with Crippen molar-refractivity contribution in [2.75, 3.05) is 19.1 Å². The third-order valence-corrected chi connectivity index (χ3v) is 2.86. The molecule has 0 amide bonds. The SMILES string of the molecule is CCCOCCc1nnc(CCCl)s1. The van der Waals surface area contributed by atoms with Crippen molar-refractivity contribution in [1.82, 2.24) is 10.2 Å². The molecule has 0 aliphatic rings. The average molecular weight is 235 g/mol. The minimum atomic E-state index is 0.612. The Balaban J connectivity index is 2.22. The Morgan fingerprint density at radius 3 is 2.57 bits per heavy atom. The molecule has 0 fully saturated rings. The first-order valence-corrected chi connectivity index (χ1v) is 6.17. The van der Waals surface area contributed by atoms with Gasteiger partial charge in [-0.25, -0.2) is 0 Å². The highest BCUT2D eigenvalue weighted by molar-refractivity contribution is 7.11. The molecule has 0 aromatic carbocycles. The summed E-state index contributed by atoms with van der Waals surface area (Å²) in [7, 11) is 0. The third kappa shape index (κ3) is 4.35. The summed E-state index contributed by atoms with van der Waals surface area (Å²) in [5.74, 6) is 0.612. The molecule has 80 valence electrons. The Hall–Kier alpha value is -0.190. The van der Waals surface area contributed by atoms with Gasteiger partial charge in [-0.2, -0.15) is 0 Å². The predicted octanol–water partition coefficient (Wildman–Crippen LogP) is 2.29. The molecule has 0 atom stereocenters. The van der Waals surface area contributed by atoms with Gasteiger partial charge >= 0.3 is 0 Å². The summed E-state index contributed by atoms with van der Waals surface area (Å²) in [5, 5.41) is 10.2. The highest BCUT2D eigenvalue weighted by atomic mass is 35.5. The fraction of sp³-hybridized carbons (Fsp3) is 0.778. The summed E-state index contributed by atoms with van der Waals surface area (Å²) in [4.78, 5) is 0. The van der Waals surface area contributed by atoms with E-state index in [1.807, 2.05) is 0 Å². The zero-order valence-electron chi connectivity index (χ0n) is 8.33. The van der Waals surface area contributed by atoms with E-state index >= 15 is 0 Å². The van der Waals surface area contributed by atoms with Crippen LogP contribution in [-0.2, 0) is 17.6 Å². The number of hydrogen-bond donors (Lipinski definition) is 0. The lowest BCUT2D eigenvalue weighted by Crippen LogP contribution is -1.98. The lowest BCUT2D eigenvalue weighted by atomic mass is 10.5. The summed E-state index contributed by atoms with van der Waals surface area (Å²) in [6.07, 6.45) is 2.74. The second-order valence-corrected chi connectivity index (χ2v) is 4.42. The standard InChI is InChI=1S/C9H15ClN2OS/c1-2-6-13-7-4-9-12-11-8(14-9)3-5-10/h2-7H2,1H3. The quantitative estimate of drug-likeness (QED) is 0.536. The molecule has 1 heterocycles. The number of aryl methyl sites for hydroxylation is 1. The molecule has 0 bridgehead atoms. The van der Waals surface area contributed by atoms with Crippen LogP contribution < -0.4 is 0 Å². The maximum atomic E-state index is 5.61. The van der Waals surface area contributed by atoms with Crippen LogP contribution in [-0.4, -0.2) is 29.3 Å². The van der Waals surface area contributed by atoms with E-state index in [4.69, 9.17) is 16.3 Å². The molecule has 5 heteroatoms. The van der Waals surface area contributed by atoms with E-state index in [1.54, 1.807) is 11.3 Å². The normalized spacial score (nSPS) is 10.7. The van der Waals surface area contributed by atoms with Crippen LogP contribution in [0.5, 0.6) is 0 Å². The molecule has 0 aliphatic heterocycles. The zero-order chi connectivity index (χ0) is 10.2. The van der Waals surface area contributed by atoms with E-state index in [1.165, 1.54) is 0 Å². The number of rotatable bonds is 7. The minimum Gasteiger partial charge on any atom is -0.381 e. The molecule has 1 rings (SSSR count). The Kier molecular flexibility index (Phi) is 6.07. The van der Waals surface area contributed by atoms with Crippen LogP contribution in [0.1, 0.15) is 23.4 Å². The van der Waals surface area contributed by atoms with Crippen LogP contribution >= 0.6 is 22.9 Å². The zero-order valence-corrected chi connectivity index (χ0v) is 9.90. The number of ether oxygens (including phenoxy) is 1. The van der Waals surface area contributed by atoms with Crippen molar-refractivity contribution in [2.45, 2.75) is 26.2 Å². The van der Waals surface area contributed by atoms with Crippen LogP contribution in [0.3, 0.4) is 0 Å². The molecule has 0 spiro atoms. The van der Waals surface area contributed by atoms with Gasteiger partial charge in [0.25, 0.3) is 0 Å². The minimum absolute atomic E-state index is 0.612. The van der Waals surface area contributed by atoms with Crippen molar-refractivity contribution in [1.29, 1.82) is 0 Å². The summed E-state index contributed by atoms with van der Waals surface area (Å²) < 4.78 is 5.37. The maximum absolute atomic E-state index is 5.61. The van der Waals surface area contributed by atoms with E-state index in [9.17, 15) is 0 Å². The number of alkyl halides is 1. The summed E-state index contributed by atoms with van der Waals surface area (Å²) in [6, 6.07) is 0. The van der Waals surface area contributed by atoms with Crippen LogP contribution in [0.15, 0.2) is 0 Å². The van der Waals surface area contributed by atoms with Gasteiger partial charge in [-0.05, 0) is 6.42 Å². The first kappa shape index (κ1) is 11.9. The molecule has 0 unspecified atom stereocenters. The van der Waals surface area contributed by atoms with Gasteiger partial charge in [0.1, 0.15) is 10.0 Å². The summed E-state index contributed by atoms with van der Waals surface area (Å²) in [5.41, 5.74) is 0. The van der Waals surface area contributed by atoms with Crippen molar-refractivity contribution in [2.24, 2.45) is 0 Å².